The molecule has 11 rings (SSSR count). The summed E-state index contributed by atoms with van der Waals surface area (Å²) < 4.78 is 0. The van der Waals surface area contributed by atoms with Gasteiger partial charge in [0, 0.05) is 23.4 Å². The third-order valence-corrected chi connectivity index (χ3v) is 13.9. The Hall–Kier alpha value is -8.00. The van der Waals surface area contributed by atoms with Gasteiger partial charge < -0.3 is 4.90 Å². The van der Waals surface area contributed by atoms with Gasteiger partial charge in [0.15, 0.2) is 0 Å². The maximum atomic E-state index is 4.52. The Kier molecular flexibility index (Phi) is 10.8. The fourth-order valence-electron chi connectivity index (χ4n) is 10.7. The second kappa shape index (κ2) is 17.5. The Morgan fingerprint density at radius 1 is 0.561 bits per heavy atom. The van der Waals surface area contributed by atoms with Crippen molar-refractivity contribution in [3.8, 4) is 22.3 Å². The van der Waals surface area contributed by atoms with Crippen LogP contribution in [-0.2, 0) is 18.3 Å². The van der Waals surface area contributed by atoms with E-state index in [1.807, 2.05) is 0 Å². The summed E-state index contributed by atoms with van der Waals surface area (Å²) >= 11 is 0. The third-order valence-electron chi connectivity index (χ3n) is 13.9. The van der Waals surface area contributed by atoms with E-state index in [4.69, 9.17) is 0 Å². The maximum Gasteiger partial charge on any atom is 0.0714 e. The molecule has 0 saturated heterocycles. The molecule has 0 radical (unpaired) electrons. The van der Waals surface area contributed by atoms with Crippen molar-refractivity contribution in [1.82, 2.24) is 0 Å². The zero-order valence-corrected chi connectivity index (χ0v) is 37.2. The van der Waals surface area contributed by atoms with E-state index < -0.39 is 5.41 Å². The van der Waals surface area contributed by atoms with Crippen LogP contribution < -0.4 is 4.90 Å². The van der Waals surface area contributed by atoms with Crippen LogP contribution in [0.3, 0.4) is 0 Å². The van der Waals surface area contributed by atoms with Gasteiger partial charge in [-0.1, -0.05) is 219 Å². The number of hydrogen-bond donors (Lipinski definition) is 0. The summed E-state index contributed by atoms with van der Waals surface area (Å²) in [7, 11) is 0. The van der Waals surface area contributed by atoms with Gasteiger partial charge >= 0.3 is 0 Å². The van der Waals surface area contributed by atoms with E-state index in [1.54, 1.807) is 0 Å². The number of aryl methyl sites for hydroxylation is 2. The molecule has 1 nitrogen and oxygen atoms in total. The topological polar surface area (TPSA) is 3.24 Å². The molecule has 0 aliphatic heterocycles. The Morgan fingerprint density at radius 2 is 1.21 bits per heavy atom. The lowest BCUT2D eigenvalue weighted by Crippen LogP contribution is -2.28. The molecule has 316 valence electrons. The zero-order chi connectivity index (χ0) is 44.5. The molecule has 66 heavy (non-hydrogen) atoms. The van der Waals surface area contributed by atoms with E-state index in [-0.39, 0.29) is 5.92 Å². The Balaban J connectivity index is 1.04. The van der Waals surface area contributed by atoms with Crippen molar-refractivity contribution in [2.24, 2.45) is 0 Å². The number of nitrogens with zero attached hydrogens (tertiary/aromatic N) is 1. The van der Waals surface area contributed by atoms with Crippen molar-refractivity contribution in [3.05, 3.63) is 300 Å². The van der Waals surface area contributed by atoms with Crippen LogP contribution in [0.4, 0.5) is 11.4 Å². The molecule has 9 aromatic rings. The summed E-state index contributed by atoms with van der Waals surface area (Å²) in [6.07, 6.45) is 14.0. The molecule has 9 aromatic carbocycles. The van der Waals surface area contributed by atoms with Gasteiger partial charge in [-0.3, -0.25) is 0 Å². The number of rotatable bonds is 12. The van der Waals surface area contributed by atoms with Crippen LogP contribution in [0.2, 0.25) is 0 Å². The van der Waals surface area contributed by atoms with E-state index in [0.717, 1.165) is 47.3 Å². The lowest BCUT2D eigenvalue weighted by molar-refractivity contribution is 0.768. The molecule has 0 fully saturated rings. The van der Waals surface area contributed by atoms with Crippen LogP contribution in [-0.4, -0.2) is 0 Å². The summed E-state index contributed by atoms with van der Waals surface area (Å²) in [5.74, 6) is 0.112. The number of anilines is 2. The molecule has 2 aliphatic carbocycles. The fourth-order valence-corrected chi connectivity index (χ4v) is 10.7. The SMILES string of the molecule is C=CCC(/C=C/N(c1ccc(C(=C)/C=C\c2ccc3ccccc3c2)cc1)c1cccc2c1-c1ccccc1C2(c1ccccc1)c1ccccc1)c1ccc2c(c1)-c1ccccc1CC2. The van der Waals surface area contributed by atoms with Gasteiger partial charge in [-0.05, 0) is 127 Å². The summed E-state index contributed by atoms with van der Waals surface area (Å²) in [4.78, 5) is 2.41. The smallest absolute Gasteiger partial charge is 0.0714 e. The molecule has 1 atom stereocenters. The molecule has 0 saturated carbocycles. The highest BCUT2D eigenvalue weighted by Crippen LogP contribution is 2.59. The second-order valence-corrected chi connectivity index (χ2v) is 17.7. The van der Waals surface area contributed by atoms with Gasteiger partial charge in [-0.25, -0.2) is 0 Å². The number of benzene rings is 9. The molecule has 0 bridgehead atoms. The lowest BCUT2D eigenvalue weighted by atomic mass is 9.68. The zero-order valence-electron chi connectivity index (χ0n) is 37.2. The standard InChI is InChI=1S/C65H51N/c1-3-17-49(54-37-36-52-35-34-51-19-12-13-25-58(51)60(52)45-54)42-43-66(57-40-38-48(39-41-57)46(2)30-31-47-32-33-50-18-10-11-20-53(50)44-47)63-29-16-28-62-64(63)59-26-14-15-27-61(59)65(62,55-21-6-4-7-22-55)56-23-8-5-9-24-56/h3-16,18-33,36-45,49H,1-2,17,34-35H2/b31-30-,43-42+. The van der Waals surface area contributed by atoms with Crippen LogP contribution in [0.1, 0.15) is 62.4 Å². The molecule has 0 aromatic heterocycles. The van der Waals surface area contributed by atoms with Crippen LogP contribution in [0.25, 0.3) is 44.7 Å². The first kappa shape index (κ1) is 40.8. The van der Waals surface area contributed by atoms with Crippen molar-refractivity contribution < 1.29 is 0 Å². The van der Waals surface area contributed by atoms with Gasteiger partial charge in [0.25, 0.3) is 0 Å². The first-order valence-electron chi connectivity index (χ1n) is 23.2. The van der Waals surface area contributed by atoms with E-state index >= 15 is 0 Å². The van der Waals surface area contributed by atoms with E-state index in [2.05, 4.69) is 261 Å². The molecule has 0 amide bonds. The Morgan fingerprint density at radius 3 is 1.97 bits per heavy atom. The molecule has 0 heterocycles. The highest BCUT2D eigenvalue weighted by molar-refractivity contribution is 5.96. The van der Waals surface area contributed by atoms with Crippen molar-refractivity contribution >= 4 is 33.8 Å². The average Bonchev–Trinajstić information content (AvgIpc) is 3.69. The average molecular weight is 846 g/mol. The molecule has 1 unspecified atom stereocenters. The molecule has 0 spiro atoms. The predicted octanol–water partition coefficient (Wildman–Crippen LogP) is 16.7. The number of hydrogen-bond acceptors (Lipinski definition) is 1. The van der Waals surface area contributed by atoms with Crippen LogP contribution >= 0.6 is 0 Å². The highest BCUT2D eigenvalue weighted by Gasteiger charge is 2.47. The number of allylic oxidation sites excluding steroid dienone is 4. The summed E-state index contributed by atoms with van der Waals surface area (Å²) in [6, 6.07) is 78.0. The monoisotopic (exact) mass is 845 g/mol. The van der Waals surface area contributed by atoms with E-state index in [9.17, 15) is 0 Å². The van der Waals surface area contributed by atoms with Crippen molar-refractivity contribution in [1.29, 1.82) is 0 Å². The van der Waals surface area contributed by atoms with Gasteiger partial charge in [0.2, 0.25) is 0 Å². The molecule has 2 aliphatic rings. The van der Waals surface area contributed by atoms with Crippen molar-refractivity contribution in [3.63, 3.8) is 0 Å². The lowest BCUT2D eigenvalue weighted by Gasteiger charge is -2.34. The maximum absolute atomic E-state index is 4.52. The Bertz CT molecular complexity index is 3270. The van der Waals surface area contributed by atoms with Crippen LogP contribution in [0, 0.1) is 0 Å². The Labute approximate surface area is 389 Å². The molecular formula is C65H51N. The van der Waals surface area contributed by atoms with Crippen LogP contribution in [0.15, 0.2) is 250 Å². The van der Waals surface area contributed by atoms with Crippen molar-refractivity contribution in [2.45, 2.75) is 30.6 Å². The van der Waals surface area contributed by atoms with Gasteiger partial charge in [-0.2, -0.15) is 0 Å². The first-order chi connectivity index (χ1) is 32.6. The minimum Gasteiger partial charge on any atom is -0.317 e. The molecular weight excluding hydrogens is 795 g/mol. The second-order valence-electron chi connectivity index (χ2n) is 17.7. The normalized spacial score (nSPS) is 13.8. The van der Waals surface area contributed by atoms with E-state index in [1.165, 1.54) is 72.0 Å². The number of fused-ring (bicyclic) bond motifs is 7. The van der Waals surface area contributed by atoms with E-state index in [0.29, 0.717) is 0 Å². The summed E-state index contributed by atoms with van der Waals surface area (Å²) in [5, 5.41) is 2.47. The fraction of sp³-hybridized carbons (Fsp3) is 0.0769. The third kappa shape index (κ3) is 7.24. The van der Waals surface area contributed by atoms with Gasteiger partial charge in [0.05, 0.1) is 11.1 Å². The van der Waals surface area contributed by atoms with Crippen LogP contribution in [0.5, 0.6) is 0 Å². The van der Waals surface area contributed by atoms with Gasteiger partial charge in [0.1, 0.15) is 0 Å². The summed E-state index contributed by atoms with van der Waals surface area (Å²) in [5.41, 5.74) is 19.3. The quantitative estimate of drug-likeness (QED) is 0.0875. The predicted molar refractivity (Wildman–Crippen MR) is 280 cm³/mol. The molecule has 0 N–H and O–H groups in total. The molecule has 1 heteroatoms. The minimum absolute atomic E-state index is 0.112. The first-order valence-corrected chi connectivity index (χ1v) is 23.2. The van der Waals surface area contributed by atoms with Crippen molar-refractivity contribution in [2.75, 3.05) is 4.90 Å². The van der Waals surface area contributed by atoms with Gasteiger partial charge in [-0.15, -0.1) is 6.58 Å². The minimum atomic E-state index is -0.510. The largest absolute Gasteiger partial charge is 0.317 e. The highest BCUT2D eigenvalue weighted by atomic mass is 15.1. The summed E-state index contributed by atoms with van der Waals surface area (Å²) in [6.45, 7) is 8.77.